The average molecular weight is 1380 g/mol. The molecule has 4 heterocycles. The number of rotatable bonds is 17. The van der Waals surface area contributed by atoms with Crippen LogP contribution in [-0.2, 0) is 81.5 Å². The van der Waals surface area contributed by atoms with Gasteiger partial charge in [-0.25, -0.2) is 9.59 Å². The van der Waals surface area contributed by atoms with Crippen molar-refractivity contribution in [1.82, 2.24) is 47.0 Å². The molecule has 2 saturated heterocycles. The van der Waals surface area contributed by atoms with Crippen molar-refractivity contribution in [3.05, 3.63) is 138 Å². The number of carbonyl (C=O) groups excluding carboxylic acids is 9. The molecule has 26 nitrogen and oxygen atoms in total. The lowest BCUT2D eigenvalue weighted by atomic mass is 9.85. The summed E-state index contributed by atoms with van der Waals surface area (Å²) in [6.07, 6.45) is -1.13. The van der Waals surface area contributed by atoms with E-state index in [9.17, 15) is 58.5 Å². The first-order valence-electron chi connectivity index (χ1n) is 33.7. The Labute approximate surface area is 580 Å². The van der Waals surface area contributed by atoms with E-state index in [1.165, 1.54) is 16.8 Å². The molecule has 534 valence electrons. The van der Waals surface area contributed by atoms with Crippen molar-refractivity contribution in [3.63, 3.8) is 0 Å². The van der Waals surface area contributed by atoms with Crippen LogP contribution in [0, 0.1) is 17.3 Å². The Morgan fingerprint density at radius 2 is 1.20 bits per heavy atom. The SMILES string of the molecule is CN[C@@H](C)C(=O)C[C@@H](CC(=O)O)C(=O)N1C[C@@H]2C[C@H]1C(=O)C[C@@H](Cc1ccc3ccccc3c1)C(=O)N[C@H](C(=O)O)CCC(=O)N[C@H]1C[C@@H](C(=O)N[C@@H](Cc3ccc4ccccc4c3)C(=O)N[C@H](C(=O)O)Cc3ccc(cc3)OC/C=C/CO2)N(C(=O)[C@@H](NC(=O)[C@H](C)NC)C(C)(C)C)C1. The average Bonchev–Trinajstić information content (AvgIpc) is 1.61. The molecule has 0 radical (unpaired) electrons. The maximum Gasteiger partial charge on any atom is 0.326 e. The highest BCUT2D eigenvalue weighted by Crippen LogP contribution is 2.31. The van der Waals surface area contributed by atoms with Gasteiger partial charge in [0, 0.05) is 63.6 Å². The first kappa shape index (κ1) is 75.8. The van der Waals surface area contributed by atoms with Crippen LogP contribution in [0.3, 0.4) is 0 Å². The van der Waals surface area contributed by atoms with Gasteiger partial charge in [-0.15, -0.1) is 0 Å². The fourth-order valence-electron chi connectivity index (χ4n) is 12.8. The second kappa shape index (κ2) is 34.7. The molecule has 0 aromatic heterocycles. The van der Waals surface area contributed by atoms with E-state index in [1.54, 1.807) is 90.2 Å². The molecule has 5 aromatic rings. The van der Waals surface area contributed by atoms with Crippen molar-refractivity contribution in [2.45, 2.75) is 159 Å². The van der Waals surface area contributed by atoms with Gasteiger partial charge in [0.25, 0.3) is 0 Å². The van der Waals surface area contributed by atoms with Crippen LogP contribution < -0.4 is 42.0 Å². The monoisotopic (exact) mass is 1380 g/mol. The van der Waals surface area contributed by atoms with Gasteiger partial charge in [0.1, 0.15) is 48.3 Å². The van der Waals surface area contributed by atoms with Gasteiger partial charge in [0.2, 0.25) is 41.4 Å². The molecule has 2 fully saturated rings. The minimum atomic E-state index is -1.73. The molecule has 6 bridgehead atoms. The quantitative estimate of drug-likeness (QED) is 0.0592. The van der Waals surface area contributed by atoms with E-state index in [4.69, 9.17) is 9.47 Å². The number of fused-ring (bicyclic) bond motifs is 23. The largest absolute Gasteiger partial charge is 0.490 e. The van der Waals surface area contributed by atoms with Gasteiger partial charge in [-0.2, -0.15) is 0 Å². The molecule has 5 aromatic carbocycles. The van der Waals surface area contributed by atoms with Crippen LogP contribution in [0.2, 0.25) is 0 Å². The van der Waals surface area contributed by atoms with E-state index >= 15 is 14.4 Å². The van der Waals surface area contributed by atoms with Crippen LogP contribution >= 0.6 is 0 Å². The Morgan fingerprint density at radius 3 is 1.80 bits per heavy atom. The molecule has 7 amide bonds. The predicted molar refractivity (Wildman–Crippen MR) is 369 cm³/mol. The maximum absolute atomic E-state index is 15.1. The maximum atomic E-state index is 15.1. The number of likely N-dealkylation sites (N-methyl/N-ethyl adjacent to an activating group) is 2. The first-order valence-corrected chi connectivity index (χ1v) is 33.7. The summed E-state index contributed by atoms with van der Waals surface area (Å²) in [4.78, 5) is 171. The van der Waals surface area contributed by atoms with Crippen molar-refractivity contribution in [2.24, 2.45) is 17.3 Å². The number of hydrogen-bond acceptors (Lipinski definition) is 16. The van der Waals surface area contributed by atoms with Gasteiger partial charge in [0.05, 0.1) is 43.2 Å². The molecule has 12 atom stereocenters. The number of Topliss-reactive ketones (excluding diaryl/α,β-unsaturated/α-hetero) is 2. The van der Waals surface area contributed by atoms with Crippen LogP contribution in [0.5, 0.6) is 5.75 Å². The van der Waals surface area contributed by atoms with E-state index in [2.05, 4.69) is 37.2 Å². The third kappa shape index (κ3) is 20.6. The standard InChI is InChI=1S/C74H91N9O17/c1-42(75-6)61(84)36-52(37-64(87)88)70(93)83-41-55-39-59(83)62(85)35-51(32-45-18-22-47-14-8-10-16-49(47)30-45)67(90)78-56(72(95)96)26-27-63(86)77-53-38-60(82(40-53)71(94)65(74(3,4)5)81-66(89)43(2)76-7)69(92)79-57(34-46-19-23-48-15-9-11-17-50(48)31-46)68(91)80-58(73(97)98)33-44-20-24-54(25-21-44)99-28-12-13-29-100-55/h8-25,30-31,42-43,51-53,55-60,65,75-76H,26-29,32-41H2,1-7H3,(H,77,86)(H,78,90)(H,79,92)(H,80,91)(H,81,89)(H,87,88)(H,95,96)(H,97,98)/b13-12+/t42-,43-,51+,52-,53-,55-,56-,57-,58-,59-,60-,65+/m0/s1. The minimum Gasteiger partial charge on any atom is -0.490 e. The first-order chi connectivity index (χ1) is 47.6. The summed E-state index contributed by atoms with van der Waals surface area (Å²) in [6.45, 7) is 7.77. The molecule has 26 heteroatoms. The van der Waals surface area contributed by atoms with E-state index in [-0.39, 0.29) is 58.4 Å². The smallest absolute Gasteiger partial charge is 0.326 e. The number of aliphatic carboxylic acids is 3. The van der Waals surface area contributed by atoms with E-state index in [0.29, 0.717) is 22.4 Å². The van der Waals surface area contributed by atoms with E-state index in [0.717, 1.165) is 21.5 Å². The van der Waals surface area contributed by atoms with Crippen molar-refractivity contribution in [1.29, 1.82) is 0 Å². The molecule has 4 aliphatic rings. The number of carboxylic acid groups (broad SMARTS) is 3. The molecule has 100 heavy (non-hydrogen) atoms. The summed E-state index contributed by atoms with van der Waals surface area (Å²) < 4.78 is 12.2. The number of carboxylic acids is 3. The number of ether oxygens (including phenoxy) is 2. The molecule has 9 rings (SSSR count). The summed E-state index contributed by atoms with van der Waals surface area (Å²) in [5.74, 6) is -13.0. The number of carbonyl (C=O) groups is 12. The highest BCUT2D eigenvalue weighted by atomic mass is 16.5. The zero-order chi connectivity index (χ0) is 72.5. The molecule has 10 N–H and O–H groups in total. The second-order valence-corrected chi connectivity index (χ2v) is 27.2. The van der Waals surface area contributed by atoms with Crippen LogP contribution in [0.25, 0.3) is 21.5 Å². The van der Waals surface area contributed by atoms with Crippen LogP contribution in [0.15, 0.2) is 121 Å². The summed E-state index contributed by atoms with van der Waals surface area (Å²) in [5.41, 5.74) is 0.707. The van der Waals surface area contributed by atoms with Crippen molar-refractivity contribution < 1.29 is 82.3 Å². The van der Waals surface area contributed by atoms with E-state index < -0.39 is 181 Å². The zero-order valence-electron chi connectivity index (χ0n) is 57.3. The fraction of sp³-hybridized carbons (Fsp3) is 0.459. The zero-order valence-corrected chi connectivity index (χ0v) is 57.3. The summed E-state index contributed by atoms with van der Waals surface area (Å²) in [5, 5.41) is 54.0. The number of benzene rings is 5. The van der Waals surface area contributed by atoms with Crippen molar-refractivity contribution in [3.8, 4) is 5.75 Å². The lowest BCUT2D eigenvalue weighted by Gasteiger charge is -2.36. The molecule has 0 unspecified atom stereocenters. The van der Waals surface area contributed by atoms with E-state index in [1.807, 2.05) is 72.8 Å². The number of amides is 7. The third-order valence-corrected chi connectivity index (χ3v) is 18.7. The number of hydrogen-bond donors (Lipinski definition) is 10. The van der Waals surface area contributed by atoms with Crippen LogP contribution in [-0.4, -0.2) is 197 Å². The van der Waals surface area contributed by atoms with Crippen LogP contribution in [0.4, 0.5) is 0 Å². The fourth-order valence-corrected chi connectivity index (χ4v) is 12.8. The van der Waals surface area contributed by atoms with Gasteiger partial charge in [-0.1, -0.05) is 124 Å². The second-order valence-electron chi connectivity index (χ2n) is 27.2. The van der Waals surface area contributed by atoms with Gasteiger partial charge >= 0.3 is 17.9 Å². The van der Waals surface area contributed by atoms with Gasteiger partial charge < -0.3 is 71.8 Å². The van der Waals surface area contributed by atoms with Crippen LogP contribution in [0.1, 0.15) is 96.3 Å². The lowest BCUT2D eigenvalue weighted by Crippen LogP contribution is -2.61. The Hall–Kier alpha value is -9.92. The summed E-state index contributed by atoms with van der Waals surface area (Å²) in [6, 6.07) is 21.1. The van der Waals surface area contributed by atoms with Crippen molar-refractivity contribution in [2.75, 3.05) is 40.4 Å². The van der Waals surface area contributed by atoms with Gasteiger partial charge in [-0.05, 0) is 109 Å². The Morgan fingerprint density at radius 1 is 0.610 bits per heavy atom. The Bertz CT molecular complexity index is 3870. The molecule has 0 spiro atoms. The molecule has 0 aliphatic carbocycles. The summed E-state index contributed by atoms with van der Waals surface area (Å²) in [7, 11) is 3.10. The Balaban J connectivity index is 1.14. The molecule has 0 saturated carbocycles. The van der Waals surface area contributed by atoms with Gasteiger partial charge in [0.15, 0.2) is 5.78 Å². The summed E-state index contributed by atoms with van der Waals surface area (Å²) >= 11 is 0. The topological polar surface area (TPSA) is 375 Å². The molecular weight excluding hydrogens is 1290 g/mol. The minimum absolute atomic E-state index is 0.0283. The lowest BCUT2D eigenvalue weighted by molar-refractivity contribution is -0.148. The number of likely N-dealkylation sites (tertiary alicyclic amines) is 2. The number of nitrogens with one attached hydrogen (secondary N) is 7. The molecular formula is C74H91N9O17. The third-order valence-electron chi connectivity index (χ3n) is 18.7. The highest BCUT2D eigenvalue weighted by molar-refractivity contribution is 5.99. The predicted octanol–water partition coefficient (Wildman–Crippen LogP) is 3.82. The Kier molecular flexibility index (Phi) is 26.3. The highest BCUT2D eigenvalue weighted by Gasteiger charge is 2.48. The molecule has 4 aliphatic heterocycles. The number of nitrogens with zero attached hydrogens (tertiary/aromatic N) is 2. The van der Waals surface area contributed by atoms with Gasteiger partial charge in [-0.3, -0.25) is 47.9 Å². The number of ketones is 2. The van der Waals surface area contributed by atoms with Crippen molar-refractivity contribution >= 4 is 92.4 Å². The normalized spacial score (nSPS) is 23.3.